The summed E-state index contributed by atoms with van der Waals surface area (Å²) in [5.41, 5.74) is 1.66. The van der Waals surface area contributed by atoms with Crippen LogP contribution in [0.2, 0.25) is 0 Å². The lowest BCUT2D eigenvalue weighted by atomic mass is 10.2. The van der Waals surface area contributed by atoms with Crippen molar-refractivity contribution in [2.24, 2.45) is 0 Å². The quantitative estimate of drug-likeness (QED) is 0.765. The van der Waals surface area contributed by atoms with Gasteiger partial charge in [-0.15, -0.1) is 11.3 Å². The third-order valence-electron chi connectivity index (χ3n) is 2.90. The van der Waals surface area contributed by atoms with Crippen LogP contribution in [0, 0.1) is 13.8 Å². The Morgan fingerprint density at radius 2 is 2.06 bits per heavy atom. The summed E-state index contributed by atoms with van der Waals surface area (Å²) in [6, 6.07) is 9.63. The second kappa shape index (κ2) is 4.23. The molecule has 0 aliphatic rings. The number of rotatable bonds is 2. The molecule has 2 aromatic heterocycles. The molecule has 0 spiro atoms. The van der Waals surface area contributed by atoms with E-state index in [4.69, 9.17) is 4.42 Å². The van der Waals surface area contributed by atoms with Crippen molar-refractivity contribution in [1.82, 2.24) is 4.98 Å². The van der Waals surface area contributed by atoms with Gasteiger partial charge in [0.1, 0.15) is 17.4 Å². The summed E-state index contributed by atoms with van der Waals surface area (Å²) in [5, 5.41) is 12.3. The van der Waals surface area contributed by atoms with Gasteiger partial charge in [-0.05, 0) is 26.0 Å². The summed E-state index contributed by atoms with van der Waals surface area (Å²) in [5.74, 6) is 0.572. The fraction of sp³-hybridized carbons (Fsp3) is 0.214. The zero-order valence-corrected chi connectivity index (χ0v) is 11.0. The van der Waals surface area contributed by atoms with Crippen LogP contribution >= 0.6 is 11.3 Å². The Kier molecular flexibility index (Phi) is 2.69. The molecule has 0 amide bonds. The topological polar surface area (TPSA) is 46.3 Å². The first-order valence-corrected chi connectivity index (χ1v) is 6.57. The summed E-state index contributed by atoms with van der Waals surface area (Å²) >= 11 is 1.51. The van der Waals surface area contributed by atoms with E-state index in [-0.39, 0.29) is 0 Å². The molecule has 3 aromatic rings. The standard InChI is InChI=1S/C14H13NO2S/c1-8-14(18-9(2)15-8)13(16)12-7-10-5-3-4-6-11(10)17-12/h3-7,13,16H,1-2H3. The number of fused-ring (bicyclic) bond motifs is 1. The van der Waals surface area contributed by atoms with Gasteiger partial charge in [-0.3, -0.25) is 0 Å². The highest BCUT2D eigenvalue weighted by Crippen LogP contribution is 2.32. The Hall–Kier alpha value is -1.65. The first kappa shape index (κ1) is 11.4. The fourth-order valence-electron chi connectivity index (χ4n) is 2.07. The maximum absolute atomic E-state index is 10.4. The highest BCUT2D eigenvalue weighted by molar-refractivity contribution is 7.11. The first-order valence-electron chi connectivity index (χ1n) is 5.75. The van der Waals surface area contributed by atoms with E-state index in [2.05, 4.69) is 4.98 Å². The van der Waals surface area contributed by atoms with Crippen LogP contribution in [0.4, 0.5) is 0 Å². The van der Waals surface area contributed by atoms with Gasteiger partial charge < -0.3 is 9.52 Å². The molecule has 92 valence electrons. The first-order chi connectivity index (χ1) is 8.65. The molecule has 1 aromatic carbocycles. The average molecular weight is 259 g/mol. The van der Waals surface area contributed by atoms with Crippen molar-refractivity contribution in [3.8, 4) is 0 Å². The maximum atomic E-state index is 10.4. The summed E-state index contributed by atoms with van der Waals surface area (Å²) in [4.78, 5) is 5.18. The third-order valence-corrected chi connectivity index (χ3v) is 4.03. The van der Waals surface area contributed by atoms with Crippen LogP contribution in [0.15, 0.2) is 34.7 Å². The minimum Gasteiger partial charge on any atom is -0.458 e. The van der Waals surface area contributed by atoms with Crippen LogP contribution in [-0.2, 0) is 0 Å². The maximum Gasteiger partial charge on any atom is 0.148 e. The number of aromatic nitrogens is 1. The molecule has 0 aliphatic heterocycles. The van der Waals surface area contributed by atoms with Crippen molar-refractivity contribution in [3.63, 3.8) is 0 Å². The van der Waals surface area contributed by atoms with E-state index in [9.17, 15) is 5.11 Å². The molecule has 1 atom stereocenters. The number of benzene rings is 1. The molecule has 2 heterocycles. The minimum absolute atomic E-state index is 0.572. The molecule has 0 radical (unpaired) electrons. The number of nitrogens with zero attached hydrogens (tertiary/aromatic N) is 1. The molecule has 1 unspecified atom stereocenters. The SMILES string of the molecule is Cc1nc(C)c(C(O)c2cc3ccccc3o2)s1. The van der Waals surface area contributed by atoms with Gasteiger partial charge in [0.05, 0.1) is 15.6 Å². The van der Waals surface area contributed by atoms with Crippen molar-refractivity contribution in [3.05, 3.63) is 51.7 Å². The fourth-order valence-corrected chi connectivity index (χ4v) is 2.99. The van der Waals surface area contributed by atoms with Gasteiger partial charge >= 0.3 is 0 Å². The molecule has 0 saturated carbocycles. The molecule has 0 fully saturated rings. The van der Waals surface area contributed by atoms with Gasteiger partial charge in [0.15, 0.2) is 0 Å². The Morgan fingerprint density at radius 3 is 2.72 bits per heavy atom. The van der Waals surface area contributed by atoms with Gasteiger partial charge in [-0.2, -0.15) is 0 Å². The third kappa shape index (κ3) is 1.83. The van der Waals surface area contributed by atoms with E-state index < -0.39 is 6.10 Å². The molecule has 3 rings (SSSR count). The van der Waals surface area contributed by atoms with Crippen molar-refractivity contribution in [2.45, 2.75) is 20.0 Å². The molecule has 0 bridgehead atoms. The highest BCUT2D eigenvalue weighted by atomic mass is 32.1. The van der Waals surface area contributed by atoms with E-state index in [0.717, 1.165) is 26.5 Å². The summed E-state index contributed by atoms with van der Waals surface area (Å²) in [6.45, 7) is 3.84. The second-order valence-corrected chi connectivity index (χ2v) is 5.51. The minimum atomic E-state index is -0.733. The Labute approximate surface area is 109 Å². The summed E-state index contributed by atoms with van der Waals surface area (Å²) in [7, 11) is 0. The lowest BCUT2D eigenvalue weighted by Crippen LogP contribution is -1.97. The smallest absolute Gasteiger partial charge is 0.148 e. The van der Waals surface area contributed by atoms with Crippen LogP contribution in [-0.4, -0.2) is 10.1 Å². The number of aliphatic hydroxyl groups excluding tert-OH is 1. The molecule has 18 heavy (non-hydrogen) atoms. The van der Waals surface area contributed by atoms with Gasteiger partial charge in [-0.25, -0.2) is 4.98 Å². The lowest BCUT2D eigenvalue weighted by molar-refractivity contribution is 0.195. The molecular weight excluding hydrogens is 246 g/mol. The molecule has 3 nitrogen and oxygen atoms in total. The molecule has 0 aliphatic carbocycles. The number of hydrogen-bond donors (Lipinski definition) is 1. The molecule has 4 heteroatoms. The average Bonchev–Trinajstić information content (AvgIpc) is 2.91. The van der Waals surface area contributed by atoms with Crippen LogP contribution < -0.4 is 0 Å². The van der Waals surface area contributed by atoms with Crippen molar-refractivity contribution in [2.75, 3.05) is 0 Å². The number of thiazole rings is 1. The number of para-hydroxylation sites is 1. The molecule has 1 N–H and O–H groups in total. The van der Waals surface area contributed by atoms with Gasteiger partial charge in [0.25, 0.3) is 0 Å². The van der Waals surface area contributed by atoms with E-state index >= 15 is 0 Å². The van der Waals surface area contributed by atoms with Crippen LogP contribution in [0.25, 0.3) is 11.0 Å². The number of aliphatic hydroxyl groups is 1. The largest absolute Gasteiger partial charge is 0.458 e. The van der Waals surface area contributed by atoms with E-state index in [0.29, 0.717) is 5.76 Å². The normalized spacial score (nSPS) is 13.1. The van der Waals surface area contributed by atoms with Gasteiger partial charge in [0.2, 0.25) is 0 Å². The van der Waals surface area contributed by atoms with Crippen molar-refractivity contribution >= 4 is 22.3 Å². The summed E-state index contributed by atoms with van der Waals surface area (Å²) < 4.78 is 5.68. The van der Waals surface area contributed by atoms with E-state index in [1.165, 1.54) is 11.3 Å². The molecular formula is C14H13NO2S. The predicted molar refractivity (Wildman–Crippen MR) is 71.9 cm³/mol. The monoisotopic (exact) mass is 259 g/mol. The van der Waals surface area contributed by atoms with Crippen LogP contribution in [0.1, 0.15) is 27.4 Å². The number of aryl methyl sites for hydroxylation is 2. The van der Waals surface area contributed by atoms with Crippen molar-refractivity contribution < 1.29 is 9.52 Å². The molecule has 0 saturated heterocycles. The van der Waals surface area contributed by atoms with Gasteiger partial charge in [-0.1, -0.05) is 18.2 Å². The number of hydrogen-bond acceptors (Lipinski definition) is 4. The van der Waals surface area contributed by atoms with E-state index in [1.807, 2.05) is 44.2 Å². The Morgan fingerprint density at radius 1 is 1.28 bits per heavy atom. The second-order valence-electron chi connectivity index (χ2n) is 4.27. The highest BCUT2D eigenvalue weighted by Gasteiger charge is 2.20. The van der Waals surface area contributed by atoms with Crippen LogP contribution in [0.5, 0.6) is 0 Å². The Bertz CT molecular complexity index is 666. The predicted octanol–water partition coefficient (Wildman–Crippen LogP) is 3.59. The van der Waals surface area contributed by atoms with Crippen molar-refractivity contribution in [1.29, 1.82) is 0 Å². The van der Waals surface area contributed by atoms with Gasteiger partial charge in [0, 0.05) is 5.39 Å². The zero-order valence-electron chi connectivity index (χ0n) is 10.2. The van der Waals surface area contributed by atoms with E-state index in [1.54, 1.807) is 0 Å². The zero-order chi connectivity index (χ0) is 12.7. The van der Waals surface area contributed by atoms with Crippen LogP contribution in [0.3, 0.4) is 0 Å². The summed E-state index contributed by atoms with van der Waals surface area (Å²) in [6.07, 6.45) is -0.733. The number of furan rings is 1. The Balaban J connectivity index is 2.06. The lowest BCUT2D eigenvalue weighted by Gasteiger charge is -2.04.